The van der Waals surface area contributed by atoms with Crippen LogP contribution in [0.2, 0.25) is 10.0 Å². The van der Waals surface area contributed by atoms with Gasteiger partial charge < -0.3 is 0 Å². The summed E-state index contributed by atoms with van der Waals surface area (Å²) in [7, 11) is 0. The number of nitrogens with zero attached hydrogens (tertiary/aromatic N) is 2. The van der Waals surface area contributed by atoms with Crippen LogP contribution < -0.4 is 9.80 Å². The molecule has 2 saturated heterocycles. The zero-order valence-corrected chi connectivity index (χ0v) is 25.5. The van der Waals surface area contributed by atoms with Gasteiger partial charge in [0.05, 0.1) is 35.0 Å². The second kappa shape index (κ2) is 9.75. The summed E-state index contributed by atoms with van der Waals surface area (Å²) in [4.78, 5) is 59.4. The summed E-state index contributed by atoms with van der Waals surface area (Å²) in [5, 5.41) is 0.964. The number of fused-ring (bicyclic) bond motifs is 1. The van der Waals surface area contributed by atoms with Gasteiger partial charge in [0.1, 0.15) is 0 Å². The molecular weight excluding hydrogens is 595 g/mol. The molecule has 0 spiro atoms. The molecule has 44 heavy (non-hydrogen) atoms. The van der Waals surface area contributed by atoms with E-state index in [2.05, 4.69) is 6.08 Å². The zero-order chi connectivity index (χ0) is 30.6. The van der Waals surface area contributed by atoms with Crippen molar-refractivity contribution in [2.75, 3.05) is 9.80 Å². The largest absolute Gasteiger partial charge is 0.274 e. The predicted octanol–water partition coefficient (Wildman–Crippen LogP) is 6.81. The van der Waals surface area contributed by atoms with Gasteiger partial charge in [0.25, 0.3) is 0 Å². The molecule has 2 aliphatic heterocycles. The minimum atomic E-state index is -0.644. The van der Waals surface area contributed by atoms with Gasteiger partial charge in [0.15, 0.2) is 0 Å². The van der Waals surface area contributed by atoms with Crippen molar-refractivity contribution < 1.29 is 19.2 Å². The number of halogens is 2. The van der Waals surface area contributed by atoms with Gasteiger partial charge in [0, 0.05) is 21.9 Å². The van der Waals surface area contributed by atoms with Gasteiger partial charge in [-0.15, -0.1) is 0 Å². The van der Waals surface area contributed by atoms with E-state index < -0.39 is 29.6 Å². The minimum absolute atomic E-state index is 0.246. The van der Waals surface area contributed by atoms with Gasteiger partial charge in [-0.1, -0.05) is 83.4 Å². The molecule has 0 N–H and O–H groups in total. The average molecular weight is 624 g/mol. The highest BCUT2D eigenvalue weighted by Crippen LogP contribution is 2.63. The normalized spacial score (nSPS) is 30.3. The van der Waals surface area contributed by atoms with Crippen molar-refractivity contribution in [3.63, 3.8) is 0 Å². The zero-order valence-electron chi connectivity index (χ0n) is 24.0. The number of aryl methyl sites for hydroxylation is 2. The van der Waals surface area contributed by atoms with Crippen LogP contribution in [0.3, 0.4) is 0 Å². The fourth-order valence-corrected chi connectivity index (χ4v) is 8.82. The smallest absolute Gasteiger partial charge is 0.238 e. The first-order chi connectivity index (χ1) is 21.2. The number of allylic oxidation sites excluding steroid dienone is 4. The second-order valence-corrected chi connectivity index (χ2v) is 13.4. The molecule has 0 unspecified atom stereocenters. The lowest BCUT2D eigenvalue weighted by Gasteiger charge is -2.51. The molecule has 6 nitrogen and oxygen atoms in total. The van der Waals surface area contributed by atoms with E-state index in [0.717, 1.165) is 27.8 Å². The van der Waals surface area contributed by atoms with Gasteiger partial charge in [0.2, 0.25) is 23.6 Å². The number of imide groups is 2. The monoisotopic (exact) mass is 622 g/mol. The molecule has 2 heterocycles. The van der Waals surface area contributed by atoms with E-state index in [-0.39, 0.29) is 35.5 Å². The molecule has 0 aromatic heterocycles. The lowest BCUT2D eigenvalue weighted by molar-refractivity contribution is -0.129. The fraction of sp³-hybridized carbons (Fsp3) is 0.278. The lowest BCUT2D eigenvalue weighted by Crippen LogP contribution is -2.51. The third-order valence-electron chi connectivity index (χ3n) is 10.5. The van der Waals surface area contributed by atoms with Crippen molar-refractivity contribution in [1.29, 1.82) is 0 Å². The van der Waals surface area contributed by atoms with Crippen molar-refractivity contribution in [3.05, 3.63) is 111 Å². The summed E-state index contributed by atoms with van der Waals surface area (Å²) in [6, 6.07) is 20.4. The van der Waals surface area contributed by atoms with E-state index in [0.29, 0.717) is 27.8 Å². The standard InChI is InChI=1S/C36H28Cl2N2O4/c1-17-8-10-20(14-26(17)37)39-33(41)25-16-24(19-6-4-3-5-7-19)28-22-12-13-23(29(28)32(25)36(39)44)31-30(22)34(42)40(35(31)43)21-11-9-18(2)27(38)15-21/h3-15,22-23,25,29-32H,16H2,1-2H3/t22-,23-,25-,29-,30+,31+,32+/m0/s1. The van der Waals surface area contributed by atoms with Gasteiger partial charge in [-0.25, -0.2) is 9.80 Å². The Morgan fingerprint density at radius 3 is 1.82 bits per heavy atom. The first kappa shape index (κ1) is 27.5. The van der Waals surface area contributed by atoms with Gasteiger partial charge >= 0.3 is 0 Å². The van der Waals surface area contributed by atoms with E-state index in [9.17, 15) is 19.2 Å². The van der Waals surface area contributed by atoms with Crippen molar-refractivity contribution in [3.8, 4) is 0 Å². The molecule has 9 rings (SSSR count). The maximum atomic E-state index is 14.4. The quantitative estimate of drug-likeness (QED) is 0.237. The summed E-state index contributed by atoms with van der Waals surface area (Å²) < 4.78 is 0. The molecule has 4 aliphatic carbocycles. The number of amides is 4. The number of hydrogen-bond acceptors (Lipinski definition) is 4. The Kier molecular flexibility index (Phi) is 6.10. The fourth-order valence-electron chi connectivity index (χ4n) is 8.47. The Morgan fingerprint density at radius 2 is 1.20 bits per heavy atom. The third kappa shape index (κ3) is 3.67. The Labute approximate surface area is 264 Å². The molecule has 7 atom stereocenters. The van der Waals surface area contributed by atoms with E-state index in [1.54, 1.807) is 24.3 Å². The summed E-state index contributed by atoms with van der Waals surface area (Å²) in [6.07, 6.45) is 4.45. The second-order valence-electron chi connectivity index (χ2n) is 12.6. The molecular formula is C36H28Cl2N2O4. The Balaban J connectivity index is 1.28. The number of hydrogen-bond donors (Lipinski definition) is 0. The highest BCUT2D eigenvalue weighted by Gasteiger charge is 2.67. The summed E-state index contributed by atoms with van der Waals surface area (Å²) in [6.45, 7) is 3.74. The van der Waals surface area contributed by atoms with Crippen LogP contribution in [-0.4, -0.2) is 23.6 Å². The summed E-state index contributed by atoms with van der Waals surface area (Å²) in [5.41, 5.74) is 5.60. The first-order valence-electron chi connectivity index (χ1n) is 14.9. The average Bonchev–Trinajstić information content (AvgIpc) is 3.45. The predicted molar refractivity (Wildman–Crippen MR) is 169 cm³/mol. The van der Waals surface area contributed by atoms with Crippen molar-refractivity contribution in [2.24, 2.45) is 41.4 Å². The Bertz CT molecular complexity index is 1880. The van der Waals surface area contributed by atoms with Gasteiger partial charge in [-0.05, 0) is 72.7 Å². The van der Waals surface area contributed by atoms with Crippen molar-refractivity contribution in [2.45, 2.75) is 20.3 Å². The number of carbonyl (C=O) groups is 4. The molecule has 3 fully saturated rings. The van der Waals surface area contributed by atoms with Gasteiger partial charge in [-0.2, -0.15) is 0 Å². The maximum absolute atomic E-state index is 14.4. The van der Waals surface area contributed by atoms with E-state index in [1.165, 1.54) is 9.80 Å². The van der Waals surface area contributed by atoms with E-state index in [1.807, 2.05) is 62.4 Å². The number of rotatable bonds is 3. The van der Waals surface area contributed by atoms with Crippen molar-refractivity contribution >= 4 is 63.8 Å². The highest BCUT2D eigenvalue weighted by atomic mass is 35.5. The van der Waals surface area contributed by atoms with Crippen molar-refractivity contribution in [1.82, 2.24) is 0 Å². The van der Waals surface area contributed by atoms with Crippen LogP contribution >= 0.6 is 23.2 Å². The van der Waals surface area contributed by atoms with E-state index >= 15 is 0 Å². The Hall–Kier alpha value is -4.00. The van der Waals surface area contributed by atoms with Crippen LogP contribution in [0.15, 0.2) is 84.5 Å². The van der Waals surface area contributed by atoms with Crippen LogP contribution in [0.5, 0.6) is 0 Å². The number of anilines is 2. The first-order valence-corrected chi connectivity index (χ1v) is 15.7. The van der Waals surface area contributed by atoms with Crippen LogP contribution in [0.4, 0.5) is 11.4 Å². The molecule has 220 valence electrons. The number of benzene rings is 3. The summed E-state index contributed by atoms with van der Waals surface area (Å²) >= 11 is 12.8. The third-order valence-corrected chi connectivity index (χ3v) is 11.3. The molecule has 3 aromatic rings. The SMILES string of the molecule is Cc1ccc(N2C(=O)[C@@H]3[C@H]4C=C[C@@H](C5=C(c6ccccc6)C[C@@H]6C(=O)N(c7ccc(C)c(Cl)c7)C(=O)[C@H]6[C@H]54)[C@H]3C2=O)cc1Cl. The lowest BCUT2D eigenvalue weighted by atomic mass is 9.49. The molecule has 6 aliphatic rings. The van der Waals surface area contributed by atoms with Crippen LogP contribution in [-0.2, 0) is 19.2 Å². The molecule has 1 saturated carbocycles. The summed E-state index contributed by atoms with van der Waals surface area (Å²) in [5.74, 6) is -4.65. The van der Waals surface area contributed by atoms with Crippen LogP contribution in [0.25, 0.3) is 5.57 Å². The molecule has 4 amide bonds. The van der Waals surface area contributed by atoms with E-state index in [4.69, 9.17) is 23.2 Å². The number of carbonyl (C=O) groups excluding carboxylic acids is 4. The minimum Gasteiger partial charge on any atom is -0.274 e. The van der Waals surface area contributed by atoms with Crippen LogP contribution in [0, 0.1) is 55.3 Å². The van der Waals surface area contributed by atoms with Crippen LogP contribution in [0.1, 0.15) is 23.1 Å². The molecule has 2 bridgehead atoms. The molecule has 8 heteroatoms. The molecule has 0 radical (unpaired) electrons. The topological polar surface area (TPSA) is 74.8 Å². The van der Waals surface area contributed by atoms with Gasteiger partial charge in [-0.3, -0.25) is 19.2 Å². The highest BCUT2D eigenvalue weighted by molar-refractivity contribution is 6.33. The molecule has 3 aromatic carbocycles. The Morgan fingerprint density at radius 1 is 0.636 bits per heavy atom. The maximum Gasteiger partial charge on any atom is 0.238 e.